The molecule has 0 bridgehead atoms. The summed E-state index contributed by atoms with van der Waals surface area (Å²) in [7, 11) is 0. The zero-order valence-electron chi connectivity index (χ0n) is 9.17. The van der Waals surface area contributed by atoms with Crippen molar-refractivity contribution in [2.24, 2.45) is 11.8 Å². The first-order valence-electron chi connectivity index (χ1n) is 6.69. The van der Waals surface area contributed by atoms with Crippen LogP contribution in [0.2, 0.25) is 0 Å². The molecule has 3 fully saturated rings. The Morgan fingerprint density at radius 3 is 2.14 bits per heavy atom. The normalized spacial score (nSPS) is 39.4. The van der Waals surface area contributed by atoms with Crippen molar-refractivity contribution in [3.8, 4) is 0 Å². The maximum Gasteiger partial charge on any atom is 0.0101 e. The third kappa shape index (κ3) is 1.84. The summed E-state index contributed by atoms with van der Waals surface area (Å²) < 4.78 is 0. The van der Waals surface area contributed by atoms with Crippen molar-refractivity contribution >= 4 is 0 Å². The van der Waals surface area contributed by atoms with Crippen LogP contribution in [-0.4, -0.2) is 12.1 Å². The topological polar surface area (TPSA) is 12.0 Å². The second-order valence-corrected chi connectivity index (χ2v) is 5.69. The molecular weight excluding hydrogens is 170 g/mol. The molecule has 0 aliphatic heterocycles. The van der Waals surface area contributed by atoms with Gasteiger partial charge in [-0.25, -0.2) is 0 Å². The number of nitrogens with one attached hydrogen (secondary N) is 1. The van der Waals surface area contributed by atoms with Gasteiger partial charge in [0.05, 0.1) is 0 Å². The maximum absolute atomic E-state index is 3.93. The van der Waals surface area contributed by atoms with Crippen LogP contribution in [0.4, 0.5) is 0 Å². The van der Waals surface area contributed by atoms with E-state index in [1.54, 1.807) is 0 Å². The van der Waals surface area contributed by atoms with Crippen molar-refractivity contribution in [1.82, 2.24) is 5.32 Å². The first-order chi connectivity index (χ1) is 6.93. The molecule has 3 rings (SSSR count). The van der Waals surface area contributed by atoms with E-state index in [1.807, 2.05) is 0 Å². The Bertz CT molecular complexity index is 193. The number of hydrogen-bond donors (Lipinski definition) is 1. The lowest BCUT2D eigenvalue weighted by Gasteiger charge is -2.38. The van der Waals surface area contributed by atoms with Crippen LogP contribution >= 0.6 is 0 Å². The van der Waals surface area contributed by atoms with Crippen LogP contribution in [0.25, 0.3) is 0 Å². The van der Waals surface area contributed by atoms with Crippen LogP contribution in [-0.2, 0) is 0 Å². The highest BCUT2D eigenvalue weighted by molar-refractivity contribution is 4.93. The summed E-state index contributed by atoms with van der Waals surface area (Å²) in [6.07, 6.45) is 13.4. The SMILES string of the molecule is C1CC(NC2CCCCC2C2CC2)C1. The van der Waals surface area contributed by atoms with E-state index in [1.165, 1.54) is 57.8 Å². The standard InChI is InChI=1S/C13H23N/c1-2-7-13(14-11-4-3-5-11)12(6-1)10-8-9-10/h10-14H,1-9H2. The molecule has 3 aliphatic carbocycles. The van der Waals surface area contributed by atoms with Crippen molar-refractivity contribution in [1.29, 1.82) is 0 Å². The van der Waals surface area contributed by atoms with Crippen LogP contribution in [0.1, 0.15) is 57.8 Å². The highest BCUT2D eigenvalue weighted by atomic mass is 15.0. The summed E-state index contributed by atoms with van der Waals surface area (Å²) in [5.74, 6) is 2.18. The summed E-state index contributed by atoms with van der Waals surface area (Å²) in [5.41, 5.74) is 0. The van der Waals surface area contributed by atoms with E-state index in [9.17, 15) is 0 Å². The molecule has 0 radical (unpaired) electrons. The van der Waals surface area contributed by atoms with Gasteiger partial charge in [0, 0.05) is 12.1 Å². The Hall–Kier alpha value is -0.0400. The van der Waals surface area contributed by atoms with Crippen molar-refractivity contribution in [3.05, 3.63) is 0 Å². The fourth-order valence-electron chi connectivity index (χ4n) is 3.33. The Morgan fingerprint density at radius 2 is 1.50 bits per heavy atom. The molecule has 0 aromatic rings. The lowest BCUT2D eigenvalue weighted by molar-refractivity contribution is 0.190. The highest BCUT2D eigenvalue weighted by Crippen LogP contribution is 2.44. The maximum atomic E-state index is 3.93. The van der Waals surface area contributed by atoms with Crippen molar-refractivity contribution in [3.63, 3.8) is 0 Å². The molecule has 80 valence electrons. The largest absolute Gasteiger partial charge is 0.311 e. The van der Waals surface area contributed by atoms with Gasteiger partial charge in [-0.1, -0.05) is 19.3 Å². The van der Waals surface area contributed by atoms with E-state index in [4.69, 9.17) is 0 Å². The summed E-state index contributed by atoms with van der Waals surface area (Å²) in [6, 6.07) is 1.81. The van der Waals surface area contributed by atoms with E-state index >= 15 is 0 Å². The van der Waals surface area contributed by atoms with E-state index < -0.39 is 0 Å². The minimum absolute atomic E-state index is 0.902. The van der Waals surface area contributed by atoms with Gasteiger partial charge in [0.25, 0.3) is 0 Å². The Morgan fingerprint density at radius 1 is 0.714 bits per heavy atom. The van der Waals surface area contributed by atoms with Crippen molar-refractivity contribution < 1.29 is 0 Å². The fraction of sp³-hybridized carbons (Fsp3) is 1.00. The Kier molecular flexibility index (Phi) is 2.53. The average molecular weight is 193 g/mol. The van der Waals surface area contributed by atoms with Gasteiger partial charge in [-0.2, -0.15) is 0 Å². The lowest BCUT2D eigenvalue weighted by atomic mass is 9.79. The predicted octanol–water partition coefficient (Wildman–Crippen LogP) is 3.10. The van der Waals surface area contributed by atoms with Gasteiger partial charge in [0.1, 0.15) is 0 Å². The molecule has 0 aromatic carbocycles. The predicted molar refractivity (Wildman–Crippen MR) is 59.2 cm³/mol. The molecule has 0 aromatic heterocycles. The van der Waals surface area contributed by atoms with Crippen LogP contribution in [0, 0.1) is 11.8 Å². The molecule has 2 atom stereocenters. The van der Waals surface area contributed by atoms with Gasteiger partial charge in [-0.3, -0.25) is 0 Å². The zero-order chi connectivity index (χ0) is 9.38. The summed E-state index contributed by atoms with van der Waals surface area (Å²) in [6.45, 7) is 0. The molecule has 0 spiro atoms. The molecule has 3 saturated carbocycles. The summed E-state index contributed by atoms with van der Waals surface area (Å²) in [5, 5.41) is 3.93. The van der Waals surface area contributed by atoms with Crippen molar-refractivity contribution in [2.75, 3.05) is 0 Å². The minimum atomic E-state index is 0.902. The van der Waals surface area contributed by atoms with E-state index in [2.05, 4.69) is 5.32 Å². The lowest BCUT2D eigenvalue weighted by Crippen LogP contribution is -2.47. The van der Waals surface area contributed by atoms with Crippen molar-refractivity contribution in [2.45, 2.75) is 69.9 Å². The first-order valence-corrected chi connectivity index (χ1v) is 6.69. The Balaban J connectivity index is 1.56. The van der Waals surface area contributed by atoms with E-state index in [-0.39, 0.29) is 0 Å². The summed E-state index contributed by atoms with van der Waals surface area (Å²) >= 11 is 0. The molecule has 1 nitrogen and oxygen atoms in total. The van der Waals surface area contributed by atoms with Crippen LogP contribution < -0.4 is 5.32 Å². The fourth-order valence-corrected chi connectivity index (χ4v) is 3.33. The van der Waals surface area contributed by atoms with Gasteiger partial charge >= 0.3 is 0 Å². The van der Waals surface area contributed by atoms with E-state index in [0.717, 1.165) is 23.9 Å². The average Bonchev–Trinajstić information content (AvgIpc) is 2.95. The second kappa shape index (κ2) is 3.84. The van der Waals surface area contributed by atoms with Crippen LogP contribution in [0.3, 0.4) is 0 Å². The smallest absolute Gasteiger partial charge is 0.0101 e. The third-order valence-corrected chi connectivity index (χ3v) is 4.60. The summed E-state index contributed by atoms with van der Waals surface area (Å²) in [4.78, 5) is 0. The van der Waals surface area contributed by atoms with Gasteiger partial charge in [0.2, 0.25) is 0 Å². The van der Waals surface area contributed by atoms with Crippen LogP contribution in [0.15, 0.2) is 0 Å². The molecule has 14 heavy (non-hydrogen) atoms. The molecule has 0 saturated heterocycles. The number of hydrogen-bond acceptors (Lipinski definition) is 1. The quantitative estimate of drug-likeness (QED) is 0.726. The van der Waals surface area contributed by atoms with Gasteiger partial charge in [-0.15, -0.1) is 0 Å². The second-order valence-electron chi connectivity index (χ2n) is 5.69. The van der Waals surface area contributed by atoms with Gasteiger partial charge < -0.3 is 5.32 Å². The molecule has 0 amide bonds. The number of rotatable bonds is 3. The van der Waals surface area contributed by atoms with Gasteiger partial charge in [0.15, 0.2) is 0 Å². The molecule has 3 aliphatic rings. The third-order valence-electron chi connectivity index (χ3n) is 4.60. The first kappa shape index (κ1) is 9.21. The molecular formula is C13H23N. The minimum Gasteiger partial charge on any atom is -0.311 e. The van der Waals surface area contributed by atoms with Gasteiger partial charge in [-0.05, 0) is 50.4 Å². The monoisotopic (exact) mass is 193 g/mol. The zero-order valence-corrected chi connectivity index (χ0v) is 9.17. The Labute approximate surface area is 87.7 Å². The molecule has 1 N–H and O–H groups in total. The highest BCUT2D eigenvalue weighted by Gasteiger charge is 2.38. The van der Waals surface area contributed by atoms with Crippen LogP contribution in [0.5, 0.6) is 0 Å². The molecule has 1 heteroatoms. The molecule has 2 unspecified atom stereocenters. The molecule has 0 heterocycles. The van der Waals surface area contributed by atoms with E-state index in [0.29, 0.717) is 0 Å².